The molecule has 0 aromatic carbocycles. The molecule has 40 valence electrons. The Hall–Kier alpha value is -0.260. The molecule has 0 heterocycles. The van der Waals surface area contributed by atoms with Crippen LogP contribution < -0.4 is 0 Å². The van der Waals surface area contributed by atoms with Crippen LogP contribution in [0.2, 0.25) is 0 Å². The molecular weight excluding hydrogens is 84.1 g/mol. The molecule has 1 aliphatic carbocycles. The average Bonchev–Trinajstić information content (AvgIpc) is 1.65. The van der Waals surface area contributed by atoms with Crippen LogP contribution in [0.15, 0.2) is 12.7 Å². The second kappa shape index (κ2) is 1.69. The second-order valence-electron chi connectivity index (χ2n) is 2.45. The van der Waals surface area contributed by atoms with Crippen molar-refractivity contribution in [2.45, 2.75) is 19.8 Å². The fraction of sp³-hybridized carbons (Fsp3) is 0.714. The molecule has 0 aromatic heterocycles. The highest BCUT2D eigenvalue weighted by atomic mass is 14.3. The average molecular weight is 96.2 g/mol. The zero-order valence-corrected chi connectivity index (χ0v) is 4.85. The first kappa shape index (κ1) is 4.89. The predicted octanol–water partition coefficient (Wildman–Crippen LogP) is 2.22. The van der Waals surface area contributed by atoms with Gasteiger partial charge in [0.05, 0.1) is 0 Å². The van der Waals surface area contributed by atoms with Crippen molar-refractivity contribution in [3.05, 3.63) is 12.7 Å². The number of hydrogen-bond donors (Lipinski definition) is 0. The fourth-order valence-electron chi connectivity index (χ4n) is 1.04. The van der Waals surface area contributed by atoms with Gasteiger partial charge >= 0.3 is 0 Å². The van der Waals surface area contributed by atoms with Gasteiger partial charge in [-0.05, 0) is 24.7 Å². The highest BCUT2D eigenvalue weighted by Gasteiger charge is 2.22. The Morgan fingerprint density at radius 3 is 2.29 bits per heavy atom. The summed E-state index contributed by atoms with van der Waals surface area (Å²) < 4.78 is 0. The molecule has 0 aliphatic heterocycles. The van der Waals surface area contributed by atoms with Crippen LogP contribution in [0.3, 0.4) is 0 Å². The number of allylic oxidation sites excluding steroid dienone is 1. The highest BCUT2D eigenvalue weighted by Crippen LogP contribution is 2.33. The molecule has 0 radical (unpaired) electrons. The summed E-state index contributed by atoms with van der Waals surface area (Å²) in [5.74, 6) is 1.78. The lowest BCUT2D eigenvalue weighted by Gasteiger charge is -2.30. The summed E-state index contributed by atoms with van der Waals surface area (Å²) in [4.78, 5) is 0. The molecule has 0 amide bonds. The van der Waals surface area contributed by atoms with Crippen molar-refractivity contribution < 1.29 is 0 Å². The maximum atomic E-state index is 3.73. The molecule has 1 fully saturated rings. The van der Waals surface area contributed by atoms with Crippen LogP contribution in [0.1, 0.15) is 19.8 Å². The van der Waals surface area contributed by atoms with Gasteiger partial charge in [0.1, 0.15) is 0 Å². The van der Waals surface area contributed by atoms with E-state index in [9.17, 15) is 0 Å². The van der Waals surface area contributed by atoms with Gasteiger partial charge in [0.25, 0.3) is 0 Å². The Balaban J connectivity index is 2.28. The Morgan fingerprint density at radius 2 is 2.29 bits per heavy atom. The van der Waals surface area contributed by atoms with Crippen LogP contribution in [0.25, 0.3) is 0 Å². The molecule has 0 heteroatoms. The molecule has 2 atom stereocenters. The minimum absolute atomic E-state index is 0.847. The maximum Gasteiger partial charge on any atom is -0.0210 e. The summed E-state index contributed by atoms with van der Waals surface area (Å²) in [5, 5.41) is 0. The Bertz CT molecular complexity index is 74.1. The third-order valence-electron chi connectivity index (χ3n) is 1.99. The molecule has 0 saturated heterocycles. The Morgan fingerprint density at radius 1 is 1.57 bits per heavy atom. The van der Waals surface area contributed by atoms with Gasteiger partial charge in [-0.25, -0.2) is 0 Å². The van der Waals surface area contributed by atoms with Crippen LogP contribution in [0.4, 0.5) is 0 Å². The van der Waals surface area contributed by atoms with E-state index in [-0.39, 0.29) is 0 Å². The topological polar surface area (TPSA) is 0 Å². The summed E-state index contributed by atoms with van der Waals surface area (Å²) in [6.45, 7) is 6.02. The van der Waals surface area contributed by atoms with E-state index in [0.29, 0.717) is 0 Å². The van der Waals surface area contributed by atoms with E-state index in [0.717, 1.165) is 11.8 Å². The first-order chi connectivity index (χ1) is 3.34. The van der Waals surface area contributed by atoms with Gasteiger partial charge in [0.2, 0.25) is 0 Å². The number of rotatable bonds is 1. The SMILES string of the molecule is C=CC1CCC1C. The largest absolute Gasteiger partial charge is 0.103 e. The van der Waals surface area contributed by atoms with Crippen LogP contribution in [-0.4, -0.2) is 0 Å². The summed E-state index contributed by atoms with van der Waals surface area (Å²) in [6.07, 6.45) is 4.87. The minimum atomic E-state index is 0.847. The first-order valence-corrected chi connectivity index (χ1v) is 2.97. The summed E-state index contributed by atoms with van der Waals surface area (Å²) >= 11 is 0. The highest BCUT2D eigenvalue weighted by molar-refractivity contribution is 4.89. The molecule has 1 saturated carbocycles. The van der Waals surface area contributed by atoms with Crippen LogP contribution in [-0.2, 0) is 0 Å². The minimum Gasteiger partial charge on any atom is -0.103 e. The van der Waals surface area contributed by atoms with Gasteiger partial charge in [-0.3, -0.25) is 0 Å². The molecule has 1 aliphatic rings. The Kier molecular flexibility index (Phi) is 1.18. The molecule has 0 aromatic rings. The van der Waals surface area contributed by atoms with Crippen molar-refractivity contribution in [2.24, 2.45) is 11.8 Å². The summed E-state index contributed by atoms with van der Waals surface area (Å²) in [6, 6.07) is 0. The van der Waals surface area contributed by atoms with Crippen LogP contribution in [0.5, 0.6) is 0 Å². The summed E-state index contributed by atoms with van der Waals surface area (Å²) in [5.41, 5.74) is 0. The smallest absolute Gasteiger partial charge is 0.0210 e. The Labute approximate surface area is 45.2 Å². The summed E-state index contributed by atoms with van der Waals surface area (Å²) in [7, 11) is 0. The van der Waals surface area contributed by atoms with Crippen molar-refractivity contribution in [3.8, 4) is 0 Å². The second-order valence-corrected chi connectivity index (χ2v) is 2.45. The lowest BCUT2D eigenvalue weighted by Crippen LogP contribution is -2.19. The zero-order chi connectivity index (χ0) is 5.28. The molecule has 0 spiro atoms. The van der Waals surface area contributed by atoms with Crippen molar-refractivity contribution >= 4 is 0 Å². The van der Waals surface area contributed by atoms with Gasteiger partial charge < -0.3 is 0 Å². The van der Waals surface area contributed by atoms with E-state index in [4.69, 9.17) is 0 Å². The van der Waals surface area contributed by atoms with E-state index in [1.54, 1.807) is 0 Å². The van der Waals surface area contributed by atoms with Crippen molar-refractivity contribution in [1.29, 1.82) is 0 Å². The van der Waals surface area contributed by atoms with E-state index >= 15 is 0 Å². The molecule has 0 bridgehead atoms. The third-order valence-corrected chi connectivity index (χ3v) is 1.99. The number of hydrogen-bond acceptors (Lipinski definition) is 0. The van der Waals surface area contributed by atoms with Crippen molar-refractivity contribution in [2.75, 3.05) is 0 Å². The van der Waals surface area contributed by atoms with E-state index in [1.165, 1.54) is 12.8 Å². The van der Waals surface area contributed by atoms with Gasteiger partial charge in [-0.1, -0.05) is 13.0 Å². The van der Waals surface area contributed by atoms with Crippen LogP contribution >= 0.6 is 0 Å². The predicted molar refractivity (Wildman–Crippen MR) is 32.1 cm³/mol. The molecule has 0 nitrogen and oxygen atoms in total. The third kappa shape index (κ3) is 0.696. The zero-order valence-electron chi connectivity index (χ0n) is 4.85. The quantitative estimate of drug-likeness (QED) is 0.439. The molecule has 1 rings (SSSR count). The lowest BCUT2D eigenvalue weighted by atomic mass is 9.75. The van der Waals surface area contributed by atoms with Crippen LogP contribution in [0, 0.1) is 11.8 Å². The molecule has 7 heavy (non-hydrogen) atoms. The normalized spacial score (nSPS) is 39.6. The van der Waals surface area contributed by atoms with Gasteiger partial charge in [-0.2, -0.15) is 0 Å². The maximum absolute atomic E-state index is 3.73. The van der Waals surface area contributed by atoms with Crippen molar-refractivity contribution in [1.82, 2.24) is 0 Å². The van der Waals surface area contributed by atoms with Gasteiger partial charge in [0, 0.05) is 0 Å². The van der Waals surface area contributed by atoms with Gasteiger partial charge in [-0.15, -0.1) is 6.58 Å². The molecule has 2 unspecified atom stereocenters. The van der Waals surface area contributed by atoms with E-state index in [1.807, 2.05) is 0 Å². The molecule has 0 N–H and O–H groups in total. The van der Waals surface area contributed by atoms with Gasteiger partial charge in [0.15, 0.2) is 0 Å². The molecular formula is C7H12. The standard InChI is InChI=1S/C7H12/c1-3-7-5-4-6(7)2/h3,6-7H,1,4-5H2,2H3. The van der Waals surface area contributed by atoms with Crippen molar-refractivity contribution in [3.63, 3.8) is 0 Å². The fourth-order valence-corrected chi connectivity index (χ4v) is 1.04. The monoisotopic (exact) mass is 96.1 g/mol. The van der Waals surface area contributed by atoms with E-state index in [2.05, 4.69) is 19.6 Å². The van der Waals surface area contributed by atoms with E-state index < -0.39 is 0 Å². The first-order valence-electron chi connectivity index (χ1n) is 2.97. The lowest BCUT2D eigenvalue weighted by molar-refractivity contribution is 0.252.